The molecule has 0 radical (unpaired) electrons. The lowest BCUT2D eigenvalue weighted by atomic mass is 10.1. The Hall–Kier alpha value is -1.62. The lowest BCUT2D eigenvalue weighted by Crippen LogP contribution is -2.22. The summed E-state index contributed by atoms with van der Waals surface area (Å²) >= 11 is 0. The summed E-state index contributed by atoms with van der Waals surface area (Å²) in [5.74, 6) is 0.905. The Kier molecular flexibility index (Phi) is 5.99. The summed E-state index contributed by atoms with van der Waals surface area (Å²) in [6.45, 7) is 2.43. The second kappa shape index (κ2) is 7.98. The molecule has 0 aliphatic heterocycles. The van der Waals surface area contributed by atoms with Crippen molar-refractivity contribution in [3.8, 4) is 0 Å². The second-order valence-corrected chi connectivity index (χ2v) is 5.40. The number of aryl methyl sites for hydroxylation is 1. The summed E-state index contributed by atoms with van der Waals surface area (Å²) in [7, 11) is 1.55. The molecule has 2 heterocycles. The molecular weight excluding hydrogens is 268 g/mol. The van der Waals surface area contributed by atoms with Crippen LogP contribution in [0.25, 0.3) is 11.1 Å². The largest absolute Gasteiger partial charge is 0.443 e. The van der Waals surface area contributed by atoms with Crippen LogP contribution in [0.4, 0.5) is 0 Å². The normalized spacial score (nSPS) is 11.3. The van der Waals surface area contributed by atoms with Gasteiger partial charge in [-0.2, -0.15) is 4.98 Å². The van der Waals surface area contributed by atoms with Crippen LogP contribution in [-0.4, -0.2) is 16.7 Å². The summed E-state index contributed by atoms with van der Waals surface area (Å²) in [6, 6.07) is 1.97. The van der Waals surface area contributed by atoms with E-state index in [0.717, 1.165) is 24.0 Å². The highest BCUT2D eigenvalue weighted by Crippen LogP contribution is 2.18. The molecule has 0 N–H and O–H groups in total. The summed E-state index contributed by atoms with van der Waals surface area (Å²) in [6.07, 6.45) is 10.2. The molecule has 0 amide bonds. The fourth-order valence-corrected chi connectivity index (χ4v) is 2.44. The first-order chi connectivity index (χ1) is 10.2. The van der Waals surface area contributed by atoms with Crippen molar-refractivity contribution in [2.75, 3.05) is 7.11 Å². The molecule has 5 heteroatoms. The lowest BCUT2D eigenvalue weighted by Gasteiger charge is -2.01. The Balaban J connectivity index is 1.94. The standard InChI is InChI=1S/C16H24N2O3/c1-3-4-5-6-7-8-9-14-10-13-11-18(12-20-2)16(19)17-15(13)21-14/h10-11H,3-9,12H2,1-2H3. The molecule has 2 aromatic rings. The third-order valence-corrected chi connectivity index (χ3v) is 3.57. The molecule has 2 rings (SSSR count). The van der Waals surface area contributed by atoms with Gasteiger partial charge in [0.05, 0.1) is 5.39 Å². The Morgan fingerprint density at radius 3 is 2.76 bits per heavy atom. The van der Waals surface area contributed by atoms with Crippen molar-refractivity contribution in [1.29, 1.82) is 0 Å². The summed E-state index contributed by atoms with van der Waals surface area (Å²) in [5, 5.41) is 0.854. The van der Waals surface area contributed by atoms with Crippen LogP contribution < -0.4 is 5.69 Å². The van der Waals surface area contributed by atoms with E-state index >= 15 is 0 Å². The van der Waals surface area contributed by atoms with Crippen molar-refractivity contribution in [3.05, 3.63) is 28.5 Å². The first-order valence-corrected chi connectivity index (χ1v) is 7.73. The minimum Gasteiger partial charge on any atom is -0.443 e. The number of ether oxygens (including phenoxy) is 1. The number of hydrogen-bond acceptors (Lipinski definition) is 4. The number of aromatic nitrogens is 2. The van der Waals surface area contributed by atoms with Crippen molar-refractivity contribution >= 4 is 11.1 Å². The van der Waals surface area contributed by atoms with E-state index < -0.39 is 0 Å². The number of unbranched alkanes of at least 4 members (excludes halogenated alkanes) is 5. The summed E-state index contributed by atoms with van der Waals surface area (Å²) in [4.78, 5) is 15.6. The monoisotopic (exact) mass is 292 g/mol. The van der Waals surface area contributed by atoms with Crippen molar-refractivity contribution in [2.45, 2.75) is 58.6 Å². The Morgan fingerprint density at radius 1 is 1.24 bits per heavy atom. The molecule has 0 unspecified atom stereocenters. The Labute approximate surface area is 124 Å². The smallest absolute Gasteiger partial charge is 0.352 e. The van der Waals surface area contributed by atoms with Crippen LogP contribution in [0.3, 0.4) is 0 Å². The maximum absolute atomic E-state index is 11.7. The molecule has 0 fully saturated rings. The molecule has 0 spiro atoms. The van der Waals surface area contributed by atoms with Gasteiger partial charge in [0.25, 0.3) is 0 Å². The minimum absolute atomic E-state index is 0.208. The first kappa shape index (κ1) is 15.8. The van der Waals surface area contributed by atoms with Gasteiger partial charge < -0.3 is 9.15 Å². The topological polar surface area (TPSA) is 57.3 Å². The lowest BCUT2D eigenvalue weighted by molar-refractivity contribution is 0.127. The van der Waals surface area contributed by atoms with Gasteiger partial charge >= 0.3 is 5.69 Å². The highest BCUT2D eigenvalue weighted by atomic mass is 16.5. The highest BCUT2D eigenvalue weighted by Gasteiger charge is 2.08. The van der Waals surface area contributed by atoms with Gasteiger partial charge in [-0.05, 0) is 12.5 Å². The van der Waals surface area contributed by atoms with Crippen LogP contribution in [0.5, 0.6) is 0 Å². The molecule has 0 aromatic carbocycles. The van der Waals surface area contributed by atoms with E-state index in [2.05, 4.69) is 11.9 Å². The molecule has 116 valence electrons. The van der Waals surface area contributed by atoms with E-state index in [-0.39, 0.29) is 12.4 Å². The van der Waals surface area contributed by atoms with E-state index in [9.17, 15) is 4.79 Å². The van der Waals surface area contributed by atoms with Crippen molar-refractivity contribution < 1.29 is 9.15 Å². The van der Waals surface area contributed by atoms with Crippen LogP contribution in [0, 0.1) is 0 Å². The SMILES string of the molecule is CCCCCCCCc1cc2cn(COC)c(=O)nc2o1. The predicted octanol–water partition coefficient (Wildman–Crippen LogP) is 3.50. The number of fused-ring (bicyclic) bond motifs is 1. The zero-order valence-electron chi connectivity index (χ0n) is 12.9. The highest BCUT2D eigenvalue weighted by molar-refractivity contribution is 5.72. The fraction of sp³-hybridized carbons (Fsp3) is 0.625. The molecular formula is C16H24N2O3. The number of hydrogen-bond donors (Lipinski definition) is 0. The zero-order chi connectivity index (χ0) is 15.1. The Morgan fingerprint density at radius 2 is 2.00 bits per heavy atom. The number of methoxy groups -OCH3 is 1. The molecule has 0 atom stereocenters. The maximum Gasteiger partial charge on any atom is 0.352 e. The van der Waals surface area contributed by atoms with Gasteiger partial charge in [-0.25, -0.2) is 4.79 Å². The van der Waals surface area contributed by atoms with E-state index in [0.29, 0.717) is 5.71 Å². The van der Waals surface area contributed by atoms with Gasteiger partial charge in [-0.1, -0.05) is 39.0 Å². The molecule has 5 nitrogen and oxygen atoms in total. The van der Waals surface area contributed by atoms with Gasteiger partial charge in [0.2, 0.25) is 5.71 Å². The molecule has 0 aliphatic rings. The van der Waals surface area contributed by atoms with E-state index in [4.69, 9.17) is 9.15 Å². The quantitative estimate of drug-likeness (QED) is 0.664. The number of furan rings is 1. The van der Waals surface area contributed by atoms with Crippen LogP contribution in [-0.2, 0) is 17.9 Å². The number of nitrogens with zero attached hydrogens (tertiary/aromatic N) is 2. The zero-order valence-corrected chi connectivity index (χ0v) is 12.9. The third-order valence-electron chi connectivity index (χ3n) is 3.57. The van der Waals surface area contributed by atoms with Crippen LogP contribution in [0.2, 0.25) is 0 Å². The van der Waals surface area contributed by atoms with Crippen LogP contribution in [0.15, 0.2) is 21.5 Å². The molecule has 0 aliphatic carbocycles. The predicted molar refractivity (Wildman–Crippen MR) is 82.4 cm³/mol. The first-order valence-electron chi connectivity index (χ1n) is 7.73. The molecule has 2 aromatic heterocycles. The average molecular weight is 292 g/mol. The van der Waals surface area contributed by atoms with Crippen LogP contribution in [0.1, 0.15) is 51.2 Å². The van der Waals surface area contributed by atoms with Crippen molar-refractivity contribution in [1.82, 2.24) is 9.55 Å². The molecule has 0 bridgehead atoms. The average Bonchev–Trinajstić information content (AvgIpc) is 2.85. The van der Waals surface area contributed by atoms with Gasteiger partial charge in [0, 0.05) is 19.7 Å². The number of rotatable bonds is 9. The molecule has 0 saturated heterocycles. The third kappa shape index (κ3) is 4.43. The maximum atomic E-state index is 11.7. The molecule has 21 heavy (non-hydrogen) atoms. The van der Waals surface area contributed by atoms with Crippen molar-refractivity contribution in [3.63, 3.8) is 0 Å². The summed E-state index contributed by atoms with van der Waals surface area (Å²) in [5.41, 5.74) is 0.0816. The van der Waals surface area contributed by atoms with Crippen molar-refractivity contribution in [2.24, 2.45) is 0 Å². The fourth-order valence-electron chi connectivity index (χ4n) is 2.44. The van der Waals surface area contributed by atoms with Crippen LogP contribution >= 0.6 is 0 Å². The van der Waals surface area contributed by atoms with E-state index in [1.165, 1.54) is 36.7 Å². The second-order valence-electron chi connectivity index (χ2n) is 5.40. The van der Waals surface area contributed by atoms with Gasteiger partial charge in [0.1, 0.15) is 12.5 Å². The summed E-state index contributed by atoms with van der Waals surface area (Å²) < 4.78 is 12.0. The Bertz CT molecular complexity index is 615. The minimum atomic E-state index is -0.343. The van der Waals surface area contributed by atoms with Gasteiger partial charge in [-0.15, -0.1) is 0 Å². The van der Waals surface area contributed by atoms with E-state index in [1.807, 2.05) is 6.07 Å². The molecule has 0 saturated carbocycles. The van der Waals surface area contributed by atoms with Gasteiger partial charge in [0.15, 0.2) is 0 Å². The van der Waals surface area contributed by atoms with Gasteiger partial charge in [-0.3, -0.25) is 4.57 Å². The van der Waals surface area contributed by atoms with E-state index in [1.54, 1.807) is 13.3 Å².